The Morgan fingerprint density at radius 2 is 2.41 bits per heavy atom. The molecule has 1 aromatic rings. The molecule has 88 valence electrons. The highest BCUT2D eigenvalue weighted by Gasteiger charge is 2.28. The zero-order valence-corrected chi connectivity index (χ0v) is 9.30. The number of nitrogens with one attached hydrogen (secondary N) is 1. The van der Waals surface area contributed by atoms with Gasteiger partial charge in [-0.25, -0.2) is 4.98 Å². The van der Waals surface area contributed by atoms with Gasteiger partial charge < -0.3 is 19.9 Å². The van der Waals surface area contributed by atoms with E-state index >= 15 is 0 Å². The van der Waals surface area contributed by atoms with Gasteiger partial charge in [0.25, 0.3) is 0 Å². The predicted octanol–water partition coefficient (Wildman–Crippen LogP) is 1.13. The second kappa shape index (κ2) is 3.78. The minimum atomic E-state index is -0.294. The highest BCUT2D eigenvalue weighted by Crippen LogP contribution is 2.38. The van der Waals surface area contributed by atoms with E-state index in [1.807, 2.05) is 12.1 Å². The zero-order chi connectivity index (χ0) is 11.8. The van der Waals surface area contributed by atoms with Crippen molar-refractivity contribution in [3.8, 4) is 5.88 Å². The molecule has 1 unspecified atom stereocenters. The number of nitrogens with zero attached hydrogens (tertiary/aromatic N) is 1. The summed E-state index contributed by atoms with van der Waals surface area (Å²) < 4.78 is 10.6. The number of ether oxygens (including phenoxy) is 2. The molecule has 17 heavy (non-hydrogen) atoms. The number of anilines is 1. The molecule has 3 heterocycles. The number of hydrogen-bond donors (Lipinski definition) is 2. The van der Waals surface area contributed by atoms with E-state index in [4.69, 9.17) is 14.6 Å². The minimum absolute atomic E-state index is 0.0415. The topological polar surface area (TPSA) is 63.6 Å². The molecule has 5 heteroatoms. The number of pyridine rings is 1. The summed E-state index contributed by atoms with van der Waals surface area (Å²) in [6, 6.07) is 3.70. The molecule has 1 aromatic heterocycles. The van der Waals surface area contributed by atoms with Crippen molar-refractivity contribution in [2.75, 3.05) is 19.0 Å². The quantitative estimate of drug-likeness (QED) is 0.800. The molecule has 0 aliphatic carbocycles. The van der Waals surface area contributed by atoms with Gasteiger partial charge in [-0.2, -0.15) is 0 Å². The molecule has 0 aromatic carbocycles. The van der Waals surface area contributed by atoms with Gasteiger partial charge in [0.2, 0.25) is 5.88 Å². The molecule has 0 saturated carbocycles. The van der Waals surface area contributed by atoms with Crippen molar-refractivity contribution in [3.05, 3.63) is 35.9 Å². The Kier molecular flexibility index (Phi) is 2.26. The third kappa shape index (κ3) is 1.55. The van der Waals surface area contributed by atoms with E-state index in [-0.39, 0.29) is 12.7 Å². The molecule has 0 amide bonds. The number of methoxy groups -OCH3 is 1. The average molecular weight is 232 g/mol. The van der Waals surface area contributed by atoms with Crippen LogP contribution < -0.4 is 10.1 Å². The van der Waals surface area contributed by atoms with Crippen molar-refractivity contribution in [3.63, 3.8) is 0 Å². The molecular formula is C12H12N2O3. The number of allylic oxidation sites excluding steroid dienone is 1. The molecule has 2 aliphatic heterocycles. The van der Waals surface area contributed by atoms with Crippen LogP contribution in [-0.2, 0) is 4.74 Å². The normalized spacial score (nSPS) is 20.5. The van der Waals surface area contributed by atoms with Crippen molar-refractivity contribution < 1.29 is 14.6 Å². The summed E-state index contributed by atoms with van der Waals surface area (Å²) >= 11 is 0. The molecule has 0 spiro atoms. The number of fused-ring (bicyclic) bond motifs is 3. The highest BCUT2D eigenvalue weighted by atomic mass is 16.5. The number of aliphatic hydroxyl groups excluding tert-OH is 1. The Morgan fingerprint density at radius 1 is 1.53 bits per heavy atom. The third-order valence-corrected chi connectivity index (χ3v) is 2.77. The molecule has 0 bridgehead atoms. The fraction of sp³-hybridized carbons (Fsp3) is 0.250. The summed E-state index contributed by atoms with van der Waals surface area (Å²) in [5, 5.41) is 12.2. The van der Waals surface area contributed by atoms with Gasteiger partial charge in [-0.3, -0.25) is 0 Å². The van der Waals surface area contributed by atoms with Crippen LogP contribution in [0.15, 0.2) is 30.2 Å². The third-order valence-electron chi connectivity index (χ3n) is 2.77. The molecule has 1 atom stereocenters. The standard InChI is InChI=1S/C12H12N2O3/c1-16-11-3-2-9-12(14-11)8-4-7(6-15)17-10(8)5-13-9/h2-5,7,13,15H,6H2,1H3. The van der Waals surface area contributed by atoms with Crippen molar-refractivity contribution in [1.82, 2.24) is 4.98 Å². The lowest BCUT2D eigenvalue weighted by Gasteiger charge is -2.17. The van der Waals surface area contributed by atoms with Crippen LogP contribution in [0.5, 0.6) is 5.88 Å². The molecule has 0 fully saturated rings. The maximum Gasteiger partial charge on any atom is 0.213 e. The second-order valence-electron chi connectivity index (χ2n) is 3.82. The average Bonchev–Trinajstić information content (AvgIpc) is 2.81. The fourth-order valence-corrected chi connectivity index (χ4v) is 1.95. The maximum absolute atomic E-state index is 9.10. The smallest absolute Gasteiger partial charge is 0.213 e. The van der Waals surface area contributed by atoms with Crippen LogP contribution >= 0.6 is 0 Å². The number of aromatic nitrogens is 1. The van der Waals surface area contributed by atoms with E-state index in [1.165, 1.54) is 0 Å². The molecule has 2 aliphatic rings. The summed E-state index contributed by atoms with van der Waals surface area (Å²) in [4.78, 5) is 4.39. The fourth-order valence-electron chi connectivity index (χ4n) is 1.95. The molecule has 0 radical (unpaired) electrons. The molecule has 3 rings (SSSR count). The predicted molar refractivity (Wildman–Crippen MR) is 62.4 cm³/mol. The number of rotatable bonds is 2. The lowest BCUT2D eigenvalue weighted by Crippen LogP contribution is -2.10. The first kappa shape index (κ1) is 10.2. The van der Waals surface area contributed by atoms with Gasteiger partial charge in [0.15, 0.2) is 0 Å². The summed E-state index contributed by atoms with van der Waals surface area (Å²) in [7, 11) is 1.58. The first-order valence-electron chi connectivity index (χ1n) is 5.33. The summed E-state index contributed by atoms with van der Waals surface area (Å²) in [6.07, 6.45) is 3.35. The van der Waals surface area contributed by atoms with Gasteiger partial charge in [-0.15, -0.1) is 0 Å². The molecular weight excluding hydrogens is 220 g/mol. The van der Waals surface area contributed by atoms with Gasteiger partial charge in [0, 0.05) is 17.8 Å². The number of hydrogen-bond acceptors (Lipinski definition) is 5. The Bertz CT molecular complexity index is 522. The van der Waals surface area contributed by atoms with Crippen molar-refractivity contribution in [2.24, 2.45) is 0 Å². The molecule has 2 N–H and O–H groups in total. The maximum atomic E-state index is 9.10. The highest BCUT2D eigenvalue weighted by molar-refractivity contribution is 5.87. The monoisotopic (exact) mass is 232 g/mol. The van der Waals surface area contributed by atoms with Crippen LogP contribution in [0.4, 0.5) is 5.69 Å². The Balaban J connectivity index is 2.08. The van der Waals surface area contributed by atoms with Crippen LogP contribution in [0, 0.1) is 0 Å². The second-order valence-corrected chi connectivity index (χ2v) is 3.82. The Hall–Kier alpha value is -2.01. The van der Waals surface area contributed by atoms with Gasteiger partial charge in [0.1, 0.15) is 17.6 Å². The van der Waals surface area contributed by atoms with E-state index in [9.17, 15) is 0 Å². The van der Waals surface area contributed by atoms with Crippen molar-refractivity contribution in [2.45, 2.75) is 6.10 Å². The number of aliphatic hydroxyl groups is 1. The van der Waals surface area contributed by atoms with E-state index < -0.39 is 0 Å². The Labute approximate surface area is 98.4 Å². The van der Waals surface area contributed by atoms with Gasteiger partial charge >= 0.3 is 0 Å². The molecule has 0 saturated heterocycles. The SMILES string of the molecule is COc1ccc2c(n1)C1=CC(CO)OC1=CN2. The van der Waals surface area contributed by atoms with Crippen molar-refractivity contribution in [1.29, 1.82) is 0 Å². The van der Waals surface area contributed by atoms with E-state index in [0.717, 1.165) is 17.0 Å². The minimum Gasteiger partial charge on any atom is -0.482 e. The van der Waals surface area contributed by atoms with E-state index in [1.54, 1.807) is 19.4 Å². The largest absolute Gasteiger partial charge is 0.482 e. The van der Waals surface area contributed by atoms with Gasteiger partial charge in [-0.05, 0) is 12.1 Å². The van der Waals surface area contributed by atoms with Gasteiger partial charge in [-0.1, -0.05) is 0 Å². The summed E-state index contributed by atoms with van der Waals surface area (Å²) in [6.45, 7) is -0.0415. The summed E-state index contributed by atoms with van der Waals surface area (Å²) in [5.74, 6) is 1.26. The van der Waals surface area contributed by atoms with Crippen LogP contribution in [0.2, 0.25) is 0 Å². The van der Waals surface area contributed by atoms with Crippen LogP contribution in [-0.4, -0.2) is 29.9 Å². The van der Waals surface area contributed by atoms with E-state index in [2.05, 4.69) is 10.3 Å². The lowest BCUT2D eigenvalue weighted by atomic mass is 10.1. The summed E-state index contributed by atoms with van der Waals surface area (Å²) in [5.41, 5.74) is 2.59. The van der Waals surface area contributed by atoms with Crippen LogP contribution in [0.1, 0.15) is 5.69 Å². The zero-order valence-electron chi connectivity index (χ0n) is 9.30. The van der Waals surface area contributed by atoms with Crippen molar-refractivity contribution >= 4 is 11.3 Å². The molecule has 5 nitrogen and oxygen atoms in total. The lowest BCUT2D eigenvalue weighted by molar-refractivity contribution is 0.111. The Morgan fingerprint density at radius 3 is 3.18 bits per heavy atom. The van der Waals surface area contributed by atoms with Gasteiger partial charge in [0.05, 0.1) is 19.4 Å². The van der Waals surface area contributed by atoms with Crippen LogP contribution in [0.25, 0.3) is 5.57 Å². The first-order valence-corrected chi connectivity index (χ1v) is 5.33. The van der Waals surface area contributed by atoms with Crippen LogP contribution in [0.3, 0.4) is 0 Å². The first-order chi connectivity index (χ1) is 8.31. The van der Waals surface area contributed by atoms with E-state index in [0.29, 0.717) is 11.6 Å².